The zero-order valence-electron chi connectivity index (χ0n) is 14.8. The van der Waals surface area contributed by atoms with Crippen molar-refractivity contribution < 1.29 is 14.2 Å². The molecule has 2 rings (SSSR count). The van der Waals surface area contributed by atoms with Crippen molar-refractivity contribution >= 4 is 29.9 Å². The first-order valence-electron chi connectivity index (χ1n) is 8.78. The Morgan fingerprint density at radius 1 is 1.17 bits per heavy atom. The first-order chi connectivity index (χ1) is 11.4. The lowest BCUT2D eigenvalue weighted by Gasteiger charge is -2.26. The van der Waals surface area contributed by atoms with Crippen LogP contribution in [0.3, 0.4) is 0 Å². The Labute approximate surface area is 162 Å². The van der Waals surface area contributed by atoms with E-state index in [-0.39, 0.29) is 24.0 Å². The summed E-state index contributed by atoms with van der Waals surface area (Å²) in [6, 6.07) is 0. The van der Waals surface area contributed by atoms with Crippen LogP contribution in [0.4, 0.5) is 0 Å². The second kappa shape index (κ2) is 14.1. The lowest BCUT2D eigenvalue weighted by Crippen LogP contribution is -2.44. The molecule has 0 amide bonds. The van der Waals surface area contributed by atoms with E-state index >= 15 is 0 Å². The van der Waals surface area contributed by atoms with Crippen molar-refractivity contribution in [2.24, 2.45) is 10.9 Å². The minimum atomic E-state index is 0. The van der Waals surface area contributed by atoms with E-state index in [1.807, 2.05) is 0 Å². The third-order valence-corrected chi connectivity index (χ3v) is 4.18. The average Bonchev–Trinajstić information content (AvgIpc) is 3.10. The van der Waals surface area contributed by atoms with E-state index in [1.54, 1.807) is 7.05 Å². The molecule has 0 aliphatic carbocycles. The fourth-order valence-corrected chi connectivity index (χ4v) is 2.72. The molecular formula is C16H33IN4O3. The van der Waals surface area contributed by atoms with E-state index in [2.05, 4.69) is 20.5 Å². The van der Waals surface area contributed by atoms with Crippen LogP contribution in [-0.2, 0) is 14.2 Å². The van der Waals surface area contributed by atoms with Gasteiger partial charge in [0.25, 0.3) is 0 Å². The minimum Gasteiger partial charge on any atom is -0.381 e. The molecule has 0 aromatic carbocycles. The van der Waals surface area contributed by atoms with E-state index < -0.39 is 0 Å². The number of hydrogen-bond acceptors (Lipinski definition) is 5. The number of hydrogen-bond donors (Lipinski definition) is 2. The van der Waals surface area contributed by atoms with Crippen LogP contribution in [-0.4, -0.2) is 90.3 Å². The van der Waals surface area contributed by atoms with Crippen LogP contribution in [0.1, 0.15) is 12.8 Å². The Morgan fingerprint density at radius 3 is 2.67 bits per heavy atom. The van der Waals surface area contributed by atoms with Crippen LogP contribution < -0.4 is 10.6 Å². The monoisotopic (exact) mass is 456 g/mol. The van der Waals surface area contributed by atoms with Crippen LogP contribution in [0.2, 0.25) is 0 Å². The maximum Gasteiger partial charge on any atom is 0.191 e. The molecule has 0 bridgehead atoms. The molecule has 142 valence electrons. The highest BCUT2D eigenvalue weighted by Gasteiger charge is 2.15. The zero-order chi connectivity index (χ0) is 16.2. The average molecular weight is 456 g/mol. The summed E-state index contributed by atoms with van der Waals surface area (Å²) in [7, 11) is 1.81. The number of guanidine groups is 1. The highest BCUT2D eigenvalue weighted by atomic mass is 127. The van der Waals surface area contributed by atoms with Crippen LogP contribution in [0.25, 0.3) is 0 Å². The molecule has 0 aromatic heterocycles. The second-order valence-electron chi connectivity index (χ2n) is 6.04. The molecule has 0 spiro atoms. The number of rotatable bonds is 9. The molecule has 0 radical (unpaired) electrons. The van der Waals surface area contributed by atoms with Gasteiger partial charge in [-0.15, -0.1) is 24.0 Å². The van der Waals surface area contributed by atoms with Gasteiger partial charge in [0.15, 0.2) is 5.96 Å². The van der Waals surface area contributed by atoms with Gasteiger partial charge in [-0.05, 0) is 12.8 Å². The van der Waals surface area contributed by atoms with Gasteiger partial charge >= 0.3 is 0 Å². The summed E-state index contributed by atoms with van der Waals surface area (Å²) in [6.07, 6.45) is 2.12. The van der Waals surface area contributed by atoms with Gasteiger partial charge in [0, 0.05) is 58.9 Å². The van der Waals surface area contributed by atoms with Gasteiger partial charge < -0.3 is 24.8 Å². The third-order valence-electron chi connectivity index (χ3n) is 4.18. The van der Waals surface area contributed by atoms with Gasteiger partial charge in [-0.1, -0.05) is 0 Å². The number of ether oxygens (including phenoxy) is 3. The highest BCUT2D eigenvalue weighted by Crippen LogP contribution is 2.12. The maximum atomic E-state index is 5.69. The van der Waals surface area contributed by atoms with Gasteiger partial charge in [0.2, 0.25) is 0 Å². The number of aliphatic imine (C=N–C) groups is 1. The number of nitrogens with one attached hydrogen (secondary N) is 2. The molecule has 7 nitrogen and oxygen atoms in total. The molecule has 0 saturated carbocycles. The molecule has 0 aromatic rings. The number of halogens is 1. The number of morpholine rings is 1. The fraction of sp³-hybridized carbons (Fsp3) is 0.938. The molecule has 2 heterocycles. The van der Waals surface area contributed by atoms with E-state index in [9.17, 15) is 0 Å². The molecule has 1 atom stereocenters. The van der Waals surface area contributed by atoms with E-state index in [1.165, 1.54) is 0 Å². The maximum absolute atomic E-state index is 5.69. The van der Waals surface area contributed by atoms with Crippen LogP contribution >= 0.6 is 24.0 Å². The predicted octanol–water partition coefficient (Wildman–Crippen LogP) is 0.545. The topological polar surface area (TPSA) is 67.4 Å². The van der Waals surface area contributed by atoms with Gasteiger partial charge in [-0.25, -0.2) is 0 Å². The quantitative estimate of drug-likeness (QED) is 0.229. The van der Waals surface area contributed by atoms with Crippen molar-refractivity contribution in [1.82, 2.24) is 15.5 Å². The summed E-state index contributed by atoms with van der Waals surface area (Å²) in [4.78, 5) is 6.65. The zero-order valence-corrected chi connectivity index (χ0v) is 17.1. The SMILES string of the molecule is CN=C(NCCCOCC1CCOC1)NCCN1CCOCC1.I. The van der Waals surface area contributed by atoms with Crippen molar-refractivity contribution in [3.63, 3.8) is 0 Å². The third kappa shape index (κ3) is 9.36. The fourth-order valence-electron chi connectivity index (χ4n) is 2.72. The minimum absolute atomic E-state index is 0. The van der Waals surface area contributed by atoms with Gasteiger partial charge in [-0.3, -0.25) is 9.89 Å². The molecule has 2 fully saturated rings. The van der Waals surface area contributed by atoms with E-state index in [0.717, 1.165) is 91.2 Å². The second-order valence-corrected chi connectivity index (χ2v) is 6.04. The molecule has 24 heavy (non-hydrogen) atoms. The van der Waals surface area contributed by atoms with Gasteiger partial charge in [0.1, 0.15) is 0 Å². The van der Waals surface area contributed by atoms with Crippen molar-refractivity contribution in [2.75, 3.05) is 79.4 Å². The highest BCUT2D eigenvalue weighted by molar-refractivity contribution is 14.0. The molecule has 2 saturated heterocycles. The predicted molar refractivity (Wildman–Crippen MR) is 106 cm³/mol. The van der Waals surface area contributed by atoms with Crippen LogP contribution in [0.15, 0.2) is 4.99 Å². The summed E-state index contributed by atoms with van der Waals surface area (Å²) in [6.45, 7) is 9.90. The van der Waals surface area contributed by atoms with Gasteiger partial charge in [-0.2, -0.15) is 0 Å². The number of nitrogens with zero attached hydrogens (tertiary/aromatic N) is 2. The normalized spacial score (nSPS) is 22.2. The molecule has 2 N–H and O–H groups in total. The molecule has 8 heteroatoms. The van der Waals surface area contributed by atoms with E-state index in [4.69, 9.17) is 14.2 Å². The lowest BCUT2D eigenvalue weighted by molar-refractivity contribution is 0.0389. The summed E-state index contributed by atoms with van der Waals surface area (Å²) < 4.78 is 16.4. The van der Waals surface area contributed by atoms with Crippen LogP contribution in [0, 0.1) is 5.92 Å². The standard InChI is InChI=1S/C16H32N4O3.HI/c1-17-16(19-5-6-20-7-11-21-12-8-20)18-4-2-9-22-13-15-3-10-23-14-15;/h15H,2-14H2,1H3,(H2,17,18,19);1H. The lowest BCUT2D eigenvalue weighted by atomic mass is 10.1. The Morgan fingerprint density at radius 2 is 1.96 bits per heavy atom. The summed E-state index contributed by atoms with van der Waals surface area (Å²) in [5, 5.41) is 6.68. The Bertz CT molecular complexity index is 335. The van der Waals surface area contributed by atoms with Crippen molar-refractivity contribution in [3.8, 4) is 0 Å². The summed E-state index contributed by atoms with van der Waals surface area (Å²) in [5.41, 5.74) is 0. The first-order valence-corrected chi connectivity index (χ1v) is 8.78. The molecular weight excluding hydrogens is 423 g/mol. The van der Waals surface area contributed by atoms with Crippen molar-refractivity contribution in [2.45, 2.75) is 12.8 Å². The Balaban J connectivity index is 0.00000288. The smallest absolute Gasteiger partial charge is 0.191 e. The van der Waals surface area contributed by atoms with E-state index in [0.29, 0.717) is 5.92 Å². The molecule has 1 unspecified atom stereocenters. The summed E-state index contributed by atoms with van der Waals surface area (Å²) >= 11 is 0. The van der Waals surface area contributed by atoms with Crippen molar-refractivity contribution in [3.05, 3.63) is 0 Å². The largest absolute Gasteiger partial charge is 0.381 e. The first kappa shape index (κ1) is 21.9. The summed E-state index contributed by atoms with van der Waals surface area (Å²) in [5.74, 6) is 1.46. The van der Waals surface area contributed by atoms with Crippen LogP contribution in [0.5, 0.6) is 0 Å². The molecule has 2 aliphatic heterocycles. The van der Waals surface area contributed by atoms with Gasteiger partial charge in [0.05, 0.1) is 26.4 Å². The Kier molecular flexibility index (Phi) is 12.8. The van der Waals surface area contributed by atoms with Crippen molar-refractivity contribution in [1.29, 1.82) is 0 Å². The Hall–Kier alpha value is -0.160. The molecule has 2 aliphatic rings.